The quantitative estimate of drug-likeness (QED) is 0.258. The SMILES string of the molecule is CN1CCC(n2cc(-c3cnn(COCC[Si](C)(C)C)c3)c3cc(Br)ncc32)CC1. The number of aromatic nitrogens is 4. The lowest BCUT2D eigenvalue weighted by molar-refractivity contribution is 0.0786. The number of ether oxygens (including phenoxy) is 1. The zero-order valence-electron chi connectivity index (χ0n) is 18.4. The molecule has 1 fully saturated rings. The summed E-state index contributed by atoms with van der Waals surface area (Å²) < 4.78 is 11.1. The number of hydrogen-bond acceptors (Lipinski definition) is 4. The van der Waals surface area contributed by atoms with E-state index in [-0.39, 0.29) is 0 Å². The van der Waals surface area contributed by atoms with Crippen molar-refractivity contribution in [1.82, 2.24) is 24.2 Å². The van der Waals surface area contributed by atoms with E-state index in [2.05, 4.69) is 80.6 Å². The Morgan fingerprint density at radius 1 is 1.17 bits per heavy atom. The highest BCUT2D eigenvalue weighted by Gasteiger charge is 2.22. The molecular weight excluding hydrogens is 458 g/mol. The van der Waals surface area contributed by atoms with Crippen molar-refractivity contribution in [3.8, 4) is 11.1 Å². The van der Waals surface area contributed by atoms with Gasteiger partial charge in [-0.1, -0.05) is 19.6 Å². The highest BCUT2D eigenvalue weighted by Crippen LogP contribution is 2.35. The Balaban J connectivity index is 1.57. The second kappa shape index (κ2) is 8.94. The molecule has 1 aliphatic heterocycles. The maximum Gasteiger partial charge on any atom is 0.139 e. The number of hydrogen-bond donors (Lipinski definition) is 0. The van der Waals surface area contributed by atoms with E-state index in [9.17, 15) is 0 Å². The van der Waals surface area contributed by atoms with Crippen LogP contribution < -0.4 is 0 Å². The molecular formula is C22H32BrN5OSi. The van der Waals surface area contributed by atoms with Gasteiger partial charge in [0.1, 0.15) is 11.3 Å². The lowest BCUT2D eigenvalue weighted by atomic mass is 10.1. The lowest BCUT2D eigenvalue weighted by Gasteiger charge is -2.30. The predicted molar refractivity (Wildman–Crippen MR) is 129 cm³/mol. The number of halogens is 1. The molecule has 0 amide bonds. The molecule has 0 saturated carbocycles. The van der Waals surface area contributed by atoms with E-state index >= 15 is 0 Å². The third-order valence-corrected chi connectivity index (χ3v) is 8.07. The fourth-order valence-corrected chi connectivity index (χ4v) is 5.13. The van der Waals surface area contributed by atoms with Gasteiger partial charge in [-0.2, -0.15) is 5.10 Å². The van der Waals surface area contributed by atoms with Crippen LogP contribution in [0.3, 0.4) is 0 Å². The van der Waals surface area contributed by atoms with Crippen LogP contribution in [0.5, 0.6) is 0 Å². The standard InChI is InChI=1S/C22H32BrN5OSi/c1-26-7-5-18(6-8-26)28-15-20(19-11-22(23)24-13-21(19)28)17-12-25-27(14-17)16-29-9-10-30(2,3)4/h11-15,18H,5-10,16H2,1-4H3. The van der Waals surface area contributed by atoms with Crippen molar-refractivity contribution < 1.29 is 4.74 Å². The summed E-state index contributed by atoms with van der Waals surface area (Å²) in [6.07, 6.45) is 10.7. The molecule has 1 aliphatic rings. The summed E-state index contributed by atoms with van der Waals surface area (Å²) in [6.45, 7) is 10.7. The van der Waals surface area contributed by atoms with Crippen LogP contribution in [0.4, 0.5) is 0 Å². The molecule has 3 aromatic rings. The van der Waals surface area contributed by atoms with Gasteiger partial charge in [-0.15, -0.1) is 0 Å². The normalized spacial score (nSPS) is 16.6. The smallest absolute Gasteiger partial charge is 0.139 e. The Bertz CT molecular complexity index is 1000. The first-order valence-electron chi connectivity index (χ1n) is 10.8. The molecule has 3 aromatic heterocycles. The van der Waals surface area contributed by atoms with Crippen LogP contribution in [0.2, 0.25) is 25.7 Å². The van der Waals surface area contributed by atoms with Gasteiger partial charge in [0.25, 0.3) is 0 Å². The van der Waals surface area contributed by atoms with Crippen LogP contribution in [0.25, 0.3) is 22.0 Å². The number of pyridine rings is 1. The van der Waals surface area contributed by atoms with Crippen molar-refractivity contribution >= 4 is 34.9 Å². The molecule has 8 heteroatoms. The minimum absolute atomic E-state index is 0.503. The summed E-state index contributed by atoms with van der Waals surface area (Å²) in [5, 5.41) is 5.76. The molecule has 0 radical (unpaired) electrons. The third kappa shape index (κ3) is 5.04. The van der Waals surface area contributed by atoms with Crippen LogP contribution in [0.1, 0.15) is 18.9 Å². The summed E-state index contributed by atoms with van der Waals surface area (Å²) in [6, 6.07) is 3.81. The first kappa shape index (κ1) is 21.7. The fraction of sp³-hybridized carbons (Fsp3) is 0.545. The molecule has 30 heavy (non-hydrogen) atoms. The van der Waals surface area contributed by atoms with E-state index in [4.69, 9.17) is 4.74 Å². The Morgan fingerprint density at radius 3 is 2.67 bits per heavy atom. The lowest BCUT2D eigenvalue weighted by Crippen LogP contribution is -2.31. The van der Waals surface area contributed by atoms with Gasteiger partial charge in [0.05, 0.1) is 17.9 Å². The van der Waals surface area contributed by atoms with Crippen molar-refractivity contribution in [3.63, 3.8) is 0 Å². The van der Waals surface area contributed by atoms with Gasteiger partial charge in [-0.3, -0.25) is 0 Å². The number of fused-ring (bicyclic) bond motifs is 1. The number of likely N-dealkylation sites (tertiary alicyclic amines) is 1. The summed E-state index contributed by atoms with van der Waals surface area (Å²) >= 11 is 3.55. The van der Waals surface area contributed by atoms with Crippen LogP contribution in [0.15, 0.2) is 35.5 Å². The summed E-state index contributed by atoms with van der Waals surface area (Å²) in [7, 11) is 1.13. The Kier molecular flexibility index (Phi) is 6.48. The minimum atomic E-state index is -1.07. The van der Waals surface area contributed by atoms with E-state index in [0.717, 1.165) is 29.9 Å². The minimum Gasteiger partial charge on any atom is -0.360 e. The maximum absolute atomic E-state index is 5.87. The average Bonchev–Trinajstić information content (AvgIpc) is 3.29. The monoisotopic (exact) mass is 489 g/mol. The largest absolute Gasteiger partial charge is 0.360 e. The van der Waals surface area contributed by atoms with Gasteiger partial charge in [0.15, 0.2) is 0 Å². The molecule has 6 nitrogen and oxygen atoms in total. The van der Waals surface area contributed by atoms with Gasteiger partial charge in [0.2, 0.25) is 0 Å². The van der Waals surface area contributed by atoms with Gasteiger partial charge >= 0.3 is 0 Å². The molecule has 0 unspecified atom stereocenters. The molecule has 0 bridgehead atoms. The average molecular weight is 491 g/mol. The topological polar surface area (TPSA) is 48.1 Å². The van der Waals surface area contributed by atoms with E-state index in [1.807, 2.05) is 17.1 Å². The third-order valence-electron chi connectivity index (χ3n) is 5.93. The van der Waals surface area contributed by atoms with Gasteiger partial charge < -0.3 is 14.2 Å². The van der Waals surface area contributed by atoms with Crippen LogP contribution in [-0.2, 0) is 11.5 Å². The molecule has 0 aliphatic carbocycles. The van der Waals surface area contributed by atoms with E-state index in [1.54, 1.807) is 0 Å². The van der Waals surface area contributed by atoms with E-state index < -0.39 is 8.07 Å². The second-order valence-electron chi connectivity index (χ2n) is 9.63. The van der Waals surface area contributed by atoms with Crippen LogP contribution in [-0.4, -0.2) is 59.0 Å². The molecule has 1 saturated heterocycles. The summed E-state index contributed by atoms with van der Waals surface area (Å²) in [4.78, 5) is 6.91. The van der Waals surface area contributed by atoms with Crippen molar-refractivity contribution in [2.75, 3.05) is 26.7 Å². The molecule has 0 N–H and O–H groups in total. The predicted octanol–water partition coefficient (Wildman–Crippen LogP) is 5.24. The van der Waals surface area contributed by atoms with Gasteiger partial charge in [-0.25, -0.2) is 9.67 Å². The van der Waals surface area contributed by atoms with E-state index in [1.165, 1.54) is 35.4 Å². The zero-order valence-corrected chi connectivity index (χ0v) is 21.0. The molecule has 0 spiro atoms. The number of rotatable bonds is 7. The van der Waals surface area contributed by atoms with Crippen molar-refractivity contribution in [2.24, 2.45) is 0 Å². The molecule has 0 aromatic carbocycles. The summed E-state index contributed by atoms with van der Waals surface area (Å²) in [5.74, 6) is 0. The van der Waals surface area contributed by atoms with Crippen molar-refractivity contribution in [2.45, 2.75) is 51.3 Å². The Hall–Kier alpha value is -1.48. The summed E-state index contributed by atoms with van der Waals surface area (Å²) in [5.41, 5.74) is 3.53. The van der Waals surface area contributed by atoms with Gasteiger partial charge in [0, 0.05) is 49.6 Å². The molecule has 4 heterocycles. The zero-order chi connectivity index (χ0) is 21.3. The van der Waals surface area contributed by atoms with Crippen molar-refractivity contribution in [1.29, 1.82) is 0 Å². The first-order chi connectivity index (χ1) is 14.3. The van der Waals surface area contributed by atoms with Crippen molar-refractivity contribution in [3.05, 3.63) is 35.5 Å². The molecule has 162 valence electrons. The molecule has 4 rings (SSSR count). The highest BCUT2D eigenvalue weighted by molar-refractivity contribution is 9.10. The highest BCUT2D eigenvalue weighted by atomic mass is 79.9. The second-order valence-corrected chi connectivity index (χ2v) is 16.1. The van der Waals surface area contributed by atoms with E-state index in [0.29, 0.717) is 12.8 Å². The Morgan fingerprint density at radius 2 is 1.93 bits per heavy atom. The Labute approximate surface area is 188 Å². The number of piperidine rings is 1. The number of nitrogens with zero attached hydrogens (tertiary/aromatic N) is 5. The van der Waals surface area contributed by atoms with Crippen LogP contribution in [0, 0.1) is 0 Å². The maximum atomic E-state index is 5.87. The first-order valence-corrected chi connectivity index (χ1v) is 15.3. The van der Waals surface area contributed by atoms with Gasteiger partial charge in [-0.05, 0) is 61.0 Å². The van der Waals surface area contributed by atoms with Crippen LogP contribution >= 0.6 is 15.9 Å². The fourth-order valence-electron chi connectivity index (χ4n) is 4.04. The molecule has 0 atom stereocenters.